The van der Waals surface area contributed by atoms with Crippen molar-refractivity contribution in [2.24, 2.45) is 11.8 Å². The van der Waals surface area contributed by atoms with E-state index in [4.69, 9.17) is 0 Å². The minimum atomic E-state index is 0. The molecule has 0 aromatic rings. The fourth-order valence-electron chi connectivity index (χ4n) is 4.28. The normalized spacial score (nSPS) is 27.1. The summed E-state index contributed by atoms with van der Waals surface area (Å²) in [6.07, 6.45) is 7.98. The van der Waals surface area contributed by atoms with Crippen molar-refractivity contribution in [1.82, 2.24) is 10.2 Å². The van der Waals surface area contributed by atoms with E-state index in [-0.39, 0.29) is 12.4 Å². The number of fused-ring (bicyclic) bond motifs is 2. The van der Waals surface area contributed by atoms with E-state index in [1.165, 1.54) is 25.7 Å². The molecule has 2 atom stereocenters. The number of rotatable bonds is 7. The third-order valence-corrected chi connectivity index (χ3v) is 5.30. The summed E-state index contributed by atoms with van der Waals surface area (Å²) >= 11 is 0. The van der Waals surface area contributed by atoms with Crippen molar-refractivity contribution in [3.63, 3.8) is 0 Å². The number of carbonyl (C=O) groups is 1. The van der Waals surface area contributed by atoms with Crippen molar-refractivity contribution in [3.8, 4) is 0 Å². The largest absolute Gasteiger partial charge is 0.339 e. The number of halogens is 1. The summed E-state index contributed by atoms with van der Waals surface area (Å²) in [5.41, 5.74) is 0. The van der Waals surface area contributed by atoms with E-state index in [0.717, 1.165) is 25.8 Å². The maximum absolute atomic E-state index is 12.8. The quantitative estimate of drug-likeness (QED) is 0.765. The first kappa shape index (κ1) is 19.8. The Hall–Kier alpha value is -0.280. The maximum Gasteiger partial charge on any atom is 0.223 e. The Bertz CT molecular complexity index is 332. The first-order valence-corrected chi connectivity index (χ1v) is 9.08. The van der Waals surface area contributed by atoms with Crippen molar-refractivity contribution in [2.75, 3.05) is 6.54 Å². The van der Waals surface area contributed by atoms with Crippen LogP contribution < -0.4 is 5.32 Å². The Kier molecular flexibility index (Phi) is 8.20. The van der Waals surface area contributed by atoms with Crippen molar-refractivity contribution in [2.45, 2.75) is 90.8 Å². The van der Waals surface area contributed by atoms with Gasteiger partial charge in [-0.2, -0.15) is 0 Å². The van der Waals surface area contributed by atoms with E-state index in [2.05, 4.69) is 37.9 Å². The second-order valence-electron chi connectivity index (χ2n) is 7.59. The Morgan fingerprint density at radius 3 is 2.14 bits per heavy atom. The molecule has 2 bridgehead atoms. The van der Waals surface area contributed by atoms with E-state index >= 15 is 0 Å². The number of hydrogen-bond donors (Lipinski definition) is 1. The minimum Gasteiger partial charge on any atom is -0.339 e. The number of amides is 1. The van der Waals surface area contributed by atoms with Crippen LogP contribution in [0.4, 0.5) is 0 Å². The fourth-order valence-corrected chi connectivity index (χ4v) is 4.28. The van der Waals surface area contributed by atoms with Gasteiger partial charge in [-0.1, -0.05) is 27.7 Å². The SMILES string of the molecule is CCC(CC)N(CC(C)C)C(=O)CC1CC2CCC(C1)N2.Cl. The van der Waals surface area contributed by atoms with Gasteiger partial charge in [0.25, 0.3) is 0 Å². The molecular formula is C18H35ClN2O. The molecule has 2 aliphatic heterocycles. The van der Waals surface area contributed by atoms with Gasteiger partial charge in [-0.25, -0.2) is 0 Å². The molecule has 2 fully saturated rings. The Balaban J connectivity index is 0.00000242. The van der Waals surface area contributed by atoms with Crippen LogP contribution in [0, 0.1) is 11.8 Å². The third-order valence-electron chi connectivity index (χ3n) is 5.30. The zero-order valence-electron chi connectivity index (χ0n) is 14.8. The van der Waals surface area contributed by atoms with Crippen LogP contribution >= 0.6 is 12.4 Å². The molecule has 0 saturated carbocycles. The van der Waals surface area contributed by atoms with Crippen LogP contribution in [0.1, 0.15) is 72.6 Å². The van der Waals surface area contributed by atoms with Crippen LogP contribution in [-0.2, 0) is 4.79 Å². The zero-order chi connectivity index (χ0) is 15.4. The molecule has 0 aliphatic carbocycles. The highest BCUT2D eigenvalue weighted by Gasteiger charge is 2.35. The molecule has 2 rings (SSSR count). The minimum absolute atomic E-state index is 0. The molecule has 2 aliphatic rings. The summed E-state index contributed by atoms with van der Waals surface area (Å²) in [5.74, 6) is 1.57. The lowest BCUT2D eigenvalue weighted by molar-refractivity contribution is -0.135. The van der Waals surface area contributed by atoms with E-state index in [9.17, 15) is 4.79 Å². The van der Waals surface area contributed by atoms with Gasteiger partial charge in [0.2, 0.25) is 5.91 Å². The number of nitrogens with one attached hydrogen (secondary N) is 1. The highest BCUT2D eigenvalue weighted by molar-refractivity contribution is 5.85. The van der Waals surface area contributed by atoms with Gasteiger partial charge >= 0.3 is 0 Å². The van der Waals surface area contributed by atoms with Crippen LogP contribution in [0.2, 0.25) is 0 Å². The molecule has 2 unspecified atom stereocenters. The van der Waals surface area contributed by atoms with Gasteiger partial charge in [0.15, 0.2) is 0 Å². The molecular weight excluding hydrogens is 296 g/mol. The molecule has 0 aromatic carbocycles. The summed E-state index contributed by atoms with van der Waals surface area (Å²) in [5, 5.41) is 3.68. The molecule has 0 aromatic heterocycles. The maximum atomic E-state index is 12.8. The van der Waals surface area contributed by atoms with E-state index in [1.807, 2.05) is 0 Å². The van der Waals surface area contributed by atoms with E-state index in [0.29, 0.717) is 35.9 Å². The number of hydrogen-bond acceptors (Lipinski definition) is 2. The van der Waals surface area contributed by atoms with Gasteiger partial charge in [-0.05, 0) is 50.4 Å². The molecule has 3 nitrogen and oxygen atoms in total. The summed E-state index contributed by atoms with van der Waals surface area (Å²) in [7, 11) is 0. The first-order chi connectivity index (χ1) is 10.0. The highest BCUT2D eigenvalue weighted by Crippen LogP contribution is 2.33. The van der Waals surface area contributed by atoms with Gasteiger partial charge in [0.05, 0.1) is 0 Å². The van der Waals surface area contributed by atoms with Gasteiger partial charge in [-0.15, -0.1) is 12.4 Å². The Labute approximate surface area is 143 Å². The first-order valence-electron chi connectivity index (χ1n) is 9.08. The number of carbonyl (C=O) groups excluding carboxylic acids is 1. The topological polar surface area (TPSA) is 32.3 Å². The molecule has 4 heteroatoms. The summed E-state index contributed by atoms with van der Waals surface area (Å²) < 4.78 is 0. The molecule has 130 valence electrons. The van der Waals surface area contributed by atoms with Crippen molar-refractivity contribution >= 4 is 18.3 Å². The molecule has 1 amide bonds. The van der Waals surface area contributed by atoms with Crippen LogP contribution in [0.3, 0.4) is 0 Å². The van der Waals surface area contributed by atoms with Gasteiger partial charge < -0.3 is 10.2 Å². The smallest absolute Gasteiger partial charge is 0.223 e. The number of nitrogens with zero attached hydrogens (tertiary/aromatic N) is 1. The molecule has 1 N–H and O–H groups in total. The lowest BCUT2D eigenvalue weighted by atomic mass is 9.89. The summed E-state index contributed by atoms with van der Waals surface area (Å²) in [4.78, 5) is 15.0. The standard InChI is InChI=1S/C18H34N2O.ClH/c1-5-17(6-2)20(12-13(3)4)18(21)11-14-9-15-7-8-16(10-14)19-15;/h13-17,19H,5-12H2,1-4H3;1H. The van der Waals surface area contributed by atoms with E-state index in [1.54, 1.807) is 0 Å². The average Bonchev–Trinajstić information content (AvgIpc) is 2.77. The Morgan fingerprint density at radius 1 is 1.14 bits per heavy atom. The van der Waals surface area contributed by atoms with Crippen molar-refractivity contribution in [3.05, 3.63) is 0 Å². The van der Waals surface area contributed by atoms with Gasteiger partial charge in [0.1, 0.15) is 0 Å². The molecule has 0 radical (unpaired) electrons. The van der Waals surface area contributed by atoms with Crippen molar-refractivity contribution in [1.29, 1.82) is 0 Å². The van der Waals surface area contributed by atoms with Crippen LogP contribution in [0.15, 0.2) is 0 Å². The number of piperidine rings is 1. The lowest BCUT2D eigenvalue weighted by Crippen LogP contribution is -2.44. The second kappa shape index (κ2) is 9.12. The van der Waals surface area contributed by atoms with Crippen LogP contribution in [-0.4, -0.2) is 35.5 Å². The third kappa shape index (κ3) is 5.13. The van der Waals surface area contributed by atoms with E-state index < -0.39 is 0 Å². The predicted octanol–water partition coefficient (Wildman–Crippen LogP) is 4.00. The van der Waals surface area contributed by atoms with Gasteiger partial charge in [0, 0.05) is 31.1 Å². The van der Waals surface area contributed by atoms with Crippen LogP contribution in [0.25, 0.3) is 0 Å². The predicted molar refractivity (Wildman–Crippen MR) is 95.5 cm³/mol. The summed E-state index contributed by atoms with van der Waals surface area (Å²) in [6.45, 7) is 9.77. The molecule has 0 spiro atoms. The molecule has 22 heavy (non-hydrogen) atoms. The summed E-state index contributed by atoms with van der Waals surface area (Å²) in [6, 6.07) is 1.81. The average molecular weight is 331 g/mol. The fraction of sp³-hybridized carbons (Fsp3) is 0.944. The zero-order valence-corrected chi connectivity index (χ0v) is 15.6. The van der Waals surface area contributed by atoms with Gasteiger partial charge in [-0.3, -0.25) is 4.79 Å². The molecule has 2 saturated heterocycles. The van der Waals surface area contributed by atoms with Crippen LogP contribution in [0.5, 0.6) is 0 Å². The Morgan fingerprint density at radius 2 is 1.68 bits per heavy atom. The molecule has 2 heterocycles. The second-order valence-corrected chi connectivity index (χ2v) is 7.59. The monoisotopic (exact) mass is 330 g/mol. The van der Waals surface area contributed by atoms with Crippen molar-refractivity contribution < 1.29 is 4.79 Å². The lowest BCUT2D eigenvalue weighted by Gasteiger charge is -2.35. The highest BCUT2D eigenvalue weighted by atomic mass is 35.5.